The van der Waals surface area contributed by atoms with Crippen molar-refractivity contribution in [3.8, 4) is 6.07 Å². The number of nitriles is 1. The molecule has 1 fully saturated rings. The maximum atomic E-state index is 11.6. The number of amides is 1. The van der Waals surface area contributed by atoms with Crippen LogP contribution in [0.15, 0.2) is 0 Å². The van der Waals surface area contributed by atoms with Gasteiger partial charge in [0.2, 0.25) is 5.91 Å². The zero-order valence-electron chi connectivity index (χ0n) is 8.55. The molecule has 0 heterocycles. The third-order valence-corrected chi connectivity index (χ3v) is 2.67. The molecule has 78 valence electrons. The van der Waals surface area contributed by atoms with Gasteiger partial charge in [-0.05, 0) is 32.1 Å². The van der Waals surface area contributed by atoms with E-state index in [1.165, 1.54) is 0 Å². The Morgan fingerprint density at radius 3 is 2.86 bits per heavy atom. The fraction of sp³-hybridized carbons (Fsp3) is 0.800. The smallest absolute Gasteiger partial charge is 0.240 e. The average molecular weight is 195 g/mol. The molecule has 1 aliphatic rings. The lowest BCUT2D eigenvalue weighted by Gasteiger charge is -2.22. The van der Waals surface area contributed by atoms with Crippen molar-refractivity contribution in [2.24, 2.45) is 11.7 Å². The summed E-state index contributed by atoms with van der Waals surface area (Å²) in [5.41, 5.74) is 5.19. The molecule has 0 spiro atoms. The quantitative estimate of drug-likeness (QED) is 0.628. The average Bonchev–Trinajstić information content (AvgIpc) is 2.94. The van der Waals surface area contributed by atoms with Crippen LogP contribution in [0.1, 0.15) is 32.6 Å². The molecule has 1 amide bonds. The van der Waals surface area contributed by atoms with Gasteiger partial charge < -0.3 is 11.1 Å². The third-order valence-electron chi connectivity index (χ3n) is 2.67. The van der Waals surface area contributed by atoms with E-state index in [-0.39, 0.29) is 5.91 Å². The predicted octanol–water partition coefficient (Wildman–Crippen LogP) is 0.534. The van der Waals surface area contributed by atoms with Crippen molar-refractivity contribution < 1.29 is 4.79 Å². The van der Waals surface area contributed by atoms with Gasteiger partial charge in [-0.2, -0.15) is 5.26 Å². The fourth-order valence-corrected chi connectivity index (χ4v) is 1.43. The molecule has 0 aromatic heterocycles. The van der Waals surface area contributed by atoms with Crippen LogP contribution in [-0.4, -0.2) is 18.0 Å². The fourth-order valence-electron chi connectivity index (χ4n) is 1.43. The Bertz CT molecular complexity index is 251. The van der Waals surface area contributed by atoms with Crippen LogP contribution in [0.2, 0.25) is 0 Å². The Balaban J connectivity index is 2.24. The normalized spacial score (nSPS) is 19.5. The van der Waals surface area contributed by atoms with Crippen LogP contribution in [0.3, 0.4) is 0 Å². The molecule has 3 N–H and O–H groups in total. The van der Waals surface area contributed by atoms with Gasteiger partial charge >= 0.3 is 0 Å². The van der Waals surface area contributed by atoms with Crippen molar-refractivity contribution in [3.05, 3.63) is 0 Å². The van der Waals surface area contributed by atoms with Crippen molar-refractivity contribution >= 4 is 5.91 Å². The predicted molar refractivity (Wildman–Crippen MR) is 53.2 cm³/mol. The highest BCUT2D eigenvalue weighted by molar-refractivity contribution is 5.86. The highest BCUT2D eigenvalue weighted by Crippen LogP contribution is 2.37. The third kappa shape index (κ3) is 2.71. The summed E-state index contributed by atoms with van der Waals surface area (Å²) in [6.45, 7) is 2.33. The van der Waals surface area contributed by atoms with Crippen LogP contribution >= 0.6 is 0 Å². The number of hydrogen-bond acceptors (Lipinski definition) is 3. The van der Waals surface area contributed by atoms with Crippen molar-refractivity contribution in [3.63, 3.8) is 0 Å². The summed E-state index contributed by atoms with van der Waals surface area (Å²) in [5.74, 6) is 0.261. The first kappa shape index (κ1) is 11.0. The first-order chi connectivity index (χ1) is 6.59. The molecule has 1 unspecified atom stereocenters. The van der Waals surface area contributed by atoms with Gasteiger partial charge in [-0.25, -0.2) is 0 Å². The van der Waals surface area contributed by atoms with Gasteiger partial charge in [0.15, 0.2) is 0 Å². The van der Waals surface area contributed by atoms with Crippen molar-refractivity contribution in [2.75, 3.05) is 6.54 Å². The van der Waals surface area contributed by atoms with E-state index in [2.05, 4.69) is 5.32 Å². The number of nitrogens with zero attached hydrogens (tertiary/aromatic N) is 1. The first-order valence-corrected chi connectivity index (χ1v) is 5.03. The zero-order valence-corrected chi connectivity index (χ0v) is 8.55. The van der Waals surface area contributed by atoms with E-state index in [4.69, 9.17) is 11.0 Å². The van der Waals surface area contributed by atoms with Gasteiger partial charge in [-0.15, -0.1) is 0 Å². The molecule has 0 bridgehead atoms. The summed E-state index contributed by atoms with van der Waals surface area (Å²) in [5, 5.41) is 11.1. The number of carbonyl (C=O) groups is 1. The number of rotatable bonds is 5. The van der Waals surface area contributed by atoms with E-state index < -0.39 is 5.54 Å². The lowest BCUT2D eigenvalue weighted by atomic mass is 9.96. The molecule has 0 aromatic rings. The van der Waals surface area contributed by atoms with Crippen LogP contribution in [0.25, 0.3) is 0 Å². The molecule has 4 heteroatoms. The lowest BCUT2D eigenvalue weighted by Crippen LogP contribution is -2.53. The van der Waals surface area contributed by atoms with E-state index >= 15 is 0 Å². The number of nitrogens with one attached hydrogen (secondary N) is 1. The van der Waals surface area contributed by atoms with Crippen LogP contribution in [0.5, 0.6) is 0 Å². The second-order valence-corrected chi connectivity index (χ2v) is 4.07. The van der Waals surface area contributed by atoms with E-state index in [9.17, 15) is 4.79 Å². The van der Waals surface area contributed by atoms with Crippen LogP contribution in [0, 0.1) is 17.2 Å². The standard InChI is InChI=1S/C10H17N3O/c1-10(12,8-4-5-8)9(14)13-7-3-2-6-11/h8H,2-5,7,12H2,1H3,(H,13,14). The minimum Gasteiger partial charge on any atom is -0.354 e. The van der Waals surface area contributed by atoms with E-state index in [1.54, 1.807) is 6.92 Å². The zero-order chi connectivity index (χ0) is 10.6. The van der Waals surface area contributed by atoms with Crippen molar-refractivity contribution in [1.29, 1.82) is 5.26 Å². The van der Waals surface area contributed by atoms with Crippen LogP contribution in [0.4, 0.5) is 0 Å². The first-order valence-electron chi connectivity index (χ1n) is 5.03. The summed E-state index contributed by atoms with van der Waals surface area (Å²) in [6, 6.07) is 2.03. The van der Waals surface area contributed by atoms with Gasteiger partial charge in [-0.1, -0.05) is 0 Å². The highest BCUT2D eigenvalue weighted by atomic mass is 16.2. The number of unbranched alkanes of at least 4 members (excludes halogenated alkanes) is 1. The molecule has 1 atom stereocenters. The number of nitrogens with two attached hydrogens (primary N) is 1. The van der Waals surface area contributed by atoms with Crippen molar-refractivity contribution in [1.82, 2.24) is 5.32 Å². The Kier molecular flexibility index (Phi) is 3.48. The summed E-state index contributed by atoms with van der Waals surface area (Å²) in [4.78, 5) is 11.6. The minimum absolute atomic E-state index is 0.0852. The number of carbonyl (C=O) groups excluding carboxylic acids is 1. The van der Waals surface area contributed by atoms with E-state index in [0.717, 1.165) is 12.8 Å². The number of hydrogen-bond donors (Lipinski definition) is 2. The second-order valence-electron chi connectivity index (χ2n) is 4.07. The molecule has 1 aliphatic carbocycles. The molecule has 0 radical (unpaired) electrons. The Labute approximate surface area is 84.5 Å². The molecule has 4 nitrogen and oxygen atoms in total. The monoisotopic (exact) mass is 195 g/mol. The Morgan fingerprint density at radius 2 is 2.36 bits per heavy atom. The molecular weight excluding hydrogens is 178 g/mol. The largest absolute Gasteiger partial charge is 0.354 e. The Hall–Kier alpha value is -1.08. The molecule has 14 heavy (non-hydrogen) atoms. The highest BCUT2D eigenvalue weighted by Gasteiger charge is 2.43. The second kappa shape index (κ2) is 4.43. The van der Waals surface area contributed by atoms with Gasteiger partial charge in [0.1, 0.15) is 0 Å². The van der Waals surface area contributed by atoms with Gasteiger partial charge in [-0.3, -0.25) is 4.79 Å². The summed E-state index contributed by atoms with van der Waals surface area (Å²) in [6.07, 6.45) is 3.28. The van der Waals surface area contributed by atoms with Crippen LogP contribution < -0.4 is 11.1 Å². The van der Waals surface area contributed by atoms with E-state index in [1.807, 2.05) is 6.07 Å². The molecule has 0 saturated heterocycles. The maximum Gasteiger partial charge on any atom is 0.240 e. The SMILES string of the molecule is CC(N)(C(=O)NCCCC#N)C1CC1. The minimum atomic E-state index is -0.716. The van der Waals surface area contributed by atoms with Gasteiger partial charge in [0.05, 0.1) is 11.6 Å². The Morgan fingerprint density at radius 1 is 1.71 bits per heavy atom. The van der Waals surface area contributed by atoms with E-state index in [0.29, 0.717) is 25.3 Å². The maximum absolute atomic E-state index is 11.6. The molecular formula is C10H17N3O. The van der Waals surface area contributed by atoms with Gasteiger partial charge in [0, 0.05) is 13.0 Å². The van der Waals surface area contributed by atoms with Crippen LogP contribution in [-0.2, 0) is 4.79 Å². The molecule has 0 aliphatic heterocycles. The summed E-state index contributed by atoms with van der Waals surface area (Å²) in [7, 11) is 0. The summed E-state index contributed by atoms with van der Waals surface area (Å²) >= 11 is 0. The summed E-state index contributed by atoms with van der Waals surface area (Å²) < 4.78 is 0. The molecule has 1 saturated carbocycles. The van der Waals surface area contributed by atoms with Crippen molar-refractivity contribution in [2.45, 2.75) is 38.1 Å². The molecule has 0 aromatic carbocycles. The van der Waals surface area contributed by atoms with Gasteiger partial charge in [0.25, 0.3) is 0 Å². The topological polar surface area (TPSA) is 78.9 Å². The lowest BCUT2D eigenvalue weighted by molar-refractivity contribution is -0.126. The molecule has 1 rings (SSSR count).